The van der Waals surface area contributed by atoms with Crippen molar-refractivity contribution in [3.8, 4) is 0 Å². The first-order valence-electron chi connectivity index (χ1n) is 5.42. The lowest BCUT2D eigenvalue weighted by Crippen LogP contribution is -2.05. The third-order valence-corrected chi connectivity index (χ3v) is 2.86. The monoisotopic (exact) mass is 204 g/mol. The molecule has 0 amide bonds. The molecular formula is C13H16O2. The summed E-state index contributed by atoms with van der Waals surface area (Å²) < 4.78 is 5.39. The Morgan fingerprint density at radius 2 is 2.27 bits per heavy atom. The second-order valence-electron chi connectivity index (χ2n) is 4.14. The van der Waals surface area contributed by atoms with Gasteiger partial charge in [0.2, 0.25) is 0 Å². The summed E-state index contributed by atoms with van der Waals surface area (Å²) in [6, 6.07) is 8.21. The molecule has 1 saturated heterocycles. The van der Waals surface area contributed by atoms with Crippen LogP contribution in [-0.2, 0) is 16.0 Å². The molecule has 2 nitrogen and oxygen atoms in total. The van der Waals surface area contributed by atoms with Gasteiger partial charge in [-0.25, -0.2) is 0 Å². The number of hydrogen-bond acceptors (Lipinski definition) is 2. The molecular weight excluding hydrogens is 188 g/mol. The van der Waals surface area contributed by atoms with Gasteiger partial charge in [-0.1, -0.05) is 24.3 Å². The molecule has 1 aliphatic rings. The van der Waals surface area contributed by atoms with E-state index in [-0.39, 0.29) is 5.78 Å². The van der Waals surface area contributed by atoms with E-state index in [2.05, 4.69) is 12.1 Å². The molecule has 1 heterocycles. The van der Waals surface area contributed by atoms with Crippen LogP contribution in [0.5, 0.6) is 0 Å². The van der Waals surface area contributed by atoms with E-state index < -0.39 is 0 Å². The van der Waals surface area contributed by atoms with Crippen molar-refractivity contribution in [2.24, 2.45) is 0 Å². The van der Waals surface area contributed by atoms with Crippen molar-refractivity contribution in [3.05, 3.63) is 35.4 Å². The van der Waals surface area contributed by atoms with Gasteiger partial charge in [-0.15, -0.1) is 0 Å². The number of carbonyl (C=O) groups excluding carboxylic acids is 1. The van der Waals surface area contributed by atoms with E-state index in [0.717, 1.165) is 19.6 Å². The number of rotatable bonds is 3. The molecule has 0 saturated carbocycles. The fourth-order valence-corrected chi connectivity index (χ4v) is 2.14. The zero-order valence-electron chi connectivity index (χ0n) is 9.03. The third-order valence-electron chi connectivity index (χ3n) is 2.86. The normalized spacial score (nSPS) is 20.5. The molecule has 0 N–H and O–H groups in total. The number of benzene rings is 1. The summed E-state index contributed by atoms with van der Waals surface area (Å²) in [5.74, 6) is 0.710. The molecule has 0 aliphatic carbocycles. The Morgan fingerprint density at radius 1 is 1.47 bits per heavy atom. The highest BCUT2D eigenvalue weighted by molar-refractivity contribution is 5.78. The second kappa shape index (κ2) is 4.58. The van der Waals surface area contributed by atoms with Crippen LogP contribution in [0.3, 0.4) is 0 Å². The zero-order valence-corrected chi connectivity index (χ0v) is 9.03. The van der Waals surface area contributed by atoms with E-state index in [0.29, 0.717) is 12.3 Å². The largest absolute Gasteiger partial charge is 0.381 e. The smallest absolute Gasteiger partial charge is 0.134 e. The lowest BCUT2D eigenvalue weighted by Gasteiger charge is -2.12. The average molecular weight is 204 g/mol. The molecule has 1 unspecified atom stereocenters. The molecule has 1 atom stereocenters. The Balaban J connectivity index is 2.24. The Bertz CT molecular complexity index is 351. The van der Waals surface area contributed by atoms with Gasteiger partial charge in [-0.2, -0.15) is 0 Å². The molecule has 0 bridgehead atoms. The molecule has 0 radical (unpaired) electrons. The van der Waals surface area contributed by atoms with Crippen LogP contribution in [0.1, 0.15) is 30.4 Å². The standard InChI is InChI=1S/C13H16O2/c1-10(14)8-11-4-2-3-5-13(11)12-6-7-15-9-12/h2-5,12H,6-9H2,1H3. The van der Waals surface area contributed by atoms with Gasteiger partial charge in [0, 0.05) is 18.9 Å². The first-order valence-corrected chi connectivity index (χ1v) is 5.42. The summed E-state index contributed by atoms with van der Waals surface area (Å²) in [5.41, 5.74) is 2.46. The van der Waals surface area contributed by atoms with Crippen molar-refractivity contribution in [1.82, 2.24) is 0 Å². The molecule has 0 aromatic heterocycles. The summed E-state index contributed by atoms with van der Waals surface area (Å²) in [5, 5.41) is 0. The number of hydrogen-bond donors (Lipinski definition) is 0. The van der Waals surface area contributed by atoms with Crippen molar-refractivity contribution in [1.29, 1.82) is 0 Å². The average Bonchev–Trinajstić information content (AvgIpc) is 2.70. The van der Waals surface area contributed by atoms with Gasteiger partial charge in [0.25, 0.3) is 0 Å². The van der Waals surface area contributed by atoms with Crippen LogP contribution in [0.4, 0.5) is 0 Å². The number of ether oxygens (including phenoxy) is 1. The summed E-state index contributed by atoms with van der Waals surface area (Å²) in [4.78, 5) is 11.1. The maximum atomic E-state index is 11.1. The molecule has 1 aromatic carbocycles. The highest BCUT2D eigenvalue weighted by Crippen LogP contribution is 2.28. The fourth-order valence-electron chi connectivity index (χ4n) is 2.14. The minimum atomic E-state index is 0.223. The van der Waals surface area contributed by atoms with Crippen LogP contribution in [0, 0.1) is 0 Å². The van der Waals surface area contributed by atoms with E-state index >= 15 is 0 Å². The predicted molar refractivity (Wildman–Crippen MR) is 59.0 cm³/mol. The van der Waals surface area contributed by atoms with Gasteiger partial charge >= 0.3 is 0 Å². The topological polar surface area (TPSA) is 26.3 Å². The molecule has 2 heteroatoms. The molecule has 1 aliphatic heterocycles. The maximum Gasteiger partial charge on any atom is 0.134 e. The minimum absolute atomic E-state index is 0.223. The van der Waals surface area contributed by atoms with Gasteiger partial charge in [0.15, 0.2) is 0 Å². The number of carbonyl (C=O) groups is 1. The molecule has 0 spiro atoms. The summed E-state index contributed by atoms with van der Waals surface area (Å²) in [6.07, 6.45) is 1.63. The highest BCUT2D eigenvalue weighted by Gasteiger charge is 2.20. The van der Waals surface area contributed by atoms with E-state index in [1.54, 1.807) is 6.92 Å². The van der Waals surface area contributed by atoms with E-state index in [1.165, 1.54) is 11.1 Å². The van der Waals surface area contributed by atoms with Gasteiger partial charge in [-0.3, -0.25) is 4.79 Å². The van der Waals surface area contributed by atoms with Crippen LogP contribution < -0.4 is 0 Å². The molecule has 1 aromatic rings. The van der Waals surface area contributed by atoms with Crippen molar-refractivity contribution in [2.75, 3.05) is 13.2 Å². The first-order chi connectivity index (χ1) is 7.27. The predicted octanol–water partition coefficient (Wildman–Crippen LogP) is 2.32. The third kappa shape index (κ3) is 2.45. The van der Waals surface area contributed by atoms with Gasteiger partial charge < -0.3 is 4.74 Å². The lowest BCUT2D eigenvalue weighted by molar-refractivity contribution is -0.116. The van der Waals surface area contributed by atoms with Crippen molar-refractivity contribution < 1.29 is 9.53 Å². The highest BCUT2D eigenvalue weighted by atomic mass is 16.5. The minimum Gasteiger partial charge on any atom is -0.381 e. The molecule has 15 heavy (non-hydrogen) atoms. The Morgan fingerprint density at radius 3 is 2.93 bits per heavy atom. The van der Waals surface area contributed by atoms with Crippen LogP contribution in [-0.4, -0.2) is 19.0 Å². The molecule has 2 rings (SSSR count). The van der Waals surface area contributed by atoms with Crippen LogP contribution in [0.2, 0.25) is 0 Å². The second-order valence-corrected chi connectivity index (χ2v) is 4.14. The Labute approximate surface area is 90.3 Å². The van der Waals surface area contributed by atoms with Crippen molar-refractivity contribution in [2.45, 2.75) is 25.7 Å². The molecule has 80 valence electrons. The number of ketones is 1. The number of Topliss-reactive ketones (excluding diaryl/α,β-unsaturated/α-hetero) is 1. The summed E-state index contributed by atoms with van der Waals surface area (Å²) in [6.45, 7) is 3.29. The van der Waals surface area contributed by atoms with Gasteiger partial charge in [-0.05, 0) is 24.5 Å². The molecule has 1 fully saturated rings. The van der Waals surface area contributed by atoms with Crippen LogP contribution >= 0.6 is 0 Å². The van der Waals surface area contributed by atoms with E-state index in [1.807, 2.05) is 12.1 Å². The zero-order chi connectivity index (χ0) is 10.7. The fraction of sp³-hybridized carbons (Fsp3) is 0.462. The van der Waals surface area contributed by atoms with Gasteiger partial charge in [0.05, 0.1) is 6.61 Å². The van der Waals surface area contributed by atoms with Crippen molar-refractivity contribution >= 4 is 5.78 Å². The van der Waals surface area contributed by atoms with E-state index in [9.17, 15) is 4.79 Å². The van der Waals surface area contributed by atoms with Gasteiger partial charge in [0.1, 0.15) is 5.78 Å². The van der Waals surface area contributed by atoms with Crippen LogP contribution in [0.25, 0.3) is 0 Å². The lowest BCUT2D eigenvalue weighted by atomic mass is 9.91. The first kappa shape index (κ1) is 10.4. The maximum absolute atomic E-state index is 11.1. The van der Waals surface area contributed by atoms with Crippen molar-refractivity contribution in [3.63, 3.8) is 0 Å². The summed E-state index contributed by atoms with van der Waals surface area (Å²) in [7, 11) is 0. The van der Waals surface area contributed by atoms with Crippen LogP contribution in [0.15, 0.2) is 24.3 Å². The summed E-state index contributed by atoms with van der Waals surface area (Å²) >= 11 is 0. The van der Waals surface area contributed by atoms with E-state index in [4.69, 9.17) is 4.74 Å². The Kier molecular flexibility index (Phi) is 3.17. The Hall–Kier alpha value is -1.15. The SMILES string of the molecule is CC(=O)Cc1ccccc1C1CCOC1. The quantitative estimate of drug-likeness (QED) is 0.755.